The van der Waals surface area contributed by atoms with Crippen LogP contribution >= 0.6 is 0 Å². The molecular weight excluding hydrogens is 318 g/mol. The number of benzene rings is 1. The largest absolute Gasteiger partial charge is 0.494 e. The molecule has 0 unspecified atom stereocenters. The fourth-order valence-corrected chi connectivity index (χ4v) is 3.20. The number of rotatable bonds is 3. The van der Waals surface area contributed by atoms with Gasteiger partial charge in [0.15, 0.2) is 0 Å². The van der Waals surface area contributed by atoms with Gasteiger partial charge in [0.25, 0.3) is 0 Å². The quantitative estimate of drug-likeness (QED) is 0.843. The first-order chi connectivity index (χ1) is 11.9. The zero-order valence-electron chi connectivity index (χ0n) is 15.5. The van der Waals surface area contributed by atoms with Gasteiger partial charge in [-0.1, -0.05) is 0 Å². The average Bonchev–Trinajstić information content (AvgIpc) is 2.97. The molecule has 6 nitrogen and oxygen atoms in total. The van der Waals surface area contributed by atoms with Crippen molar-refractivity contribution < 1.29 is 14.3 Å². The summed E-state index contributed by atoms with van der Waals surface area (Å²) in [5.74, 6) is 0.870. The van der Waals surface area contributed by atoms with Crippen LogP contribution in [0.25, 0.3) is 10.9 Å². The molecule has 0 radical (unpaired) electrons. The average molecular weight is 345 g/mol. The van der Waals surface area contributed by atoms with Crippen molar-refractivity contribution in [2.24, 2.45) is 0 Å². The Morgan fingerprint density at radius 2 is 2.00 bits per heavy atom. The number of piperidine rings is 1. The molecule has 0 N–H and O–H groups in total. The second-order valence-corrected chi connectivity index (χ2v) is 7.44. The summed E-state index contributed by atoms with van der Waals surface area (Å²) in [5, 5.41) is 5.66. The molecule has 136 valence electrons. The number of fused-ring (bicyclic) bond motifs is 1. The third-order valence-electron chi connectivity index (χ3n) is 4.34. The summed E-state index contributed by atoms with van der Waals surface area (Å²) in [6.45, 7) is 9.70. The number of aromatic nitrogens is 2. The van der Waals surface area contributed by atoms with Crippen molar-refractivity contribution in [3.8, 4) is 5.75 Å². The summed E-state index contributed by atoms with van der Waals surface area (Å²) < 4.78 is 13.1. The molecule has 0 bridgehead atoms. The third kappa shape index (κ3) is 4.06. The van der Waals surface area contributed by atoms with Gasteiger partial charge in [-0.2, -0.15) is 5.10 Å². The maximum atomic E-state index is 12.2. The van der Waals surface area contributed by atoms with Gasteiger partial charge in [-0.05, 0) is 58.7 Å². The van der Waals surface area contributed by atoms with Gasteiger partial charge in [-0.3, -0.25) is 4.68 Å². The number of hydrogen-bond acceptors (Lipinski definition) is 4. The normalized spacial score (nSPS) is 16.2. The molecule has 6 heteroatoms. The molecular formula is C19H27N3O3. The van der Waals surface area contributed by atoms with E-state index in [1.54, 1.807) is 4.90 Å². The maximum absolute atomic E-state index is 12.2. The van der Waals surface area contributed by atoms with Crippen LogP contribution in [-0.2, 0) is 4.74 Å². The molecule has 1 aliphatic heterocycles. The van der Waals surface area contributed by atoms with Crippen LogP contribution in [0, 0.1) is 0 Å². The van der Waals surface area contributed by atoms with E-state index in [1.165, 1.54) is 0 Å². The first-order valence-electron chi connectivity index (χ1n) is 8.95. The Kier molecular flexibility index (Phi) is 4.88. The van der Waals surface area contributed by atoms with E-state index in [-0.39, 0.29) is 6.09 Å². The van der Waals surface area contributed by atoms with E-state index in [0.717, 1.165) is 29.5 Å². The number of hydrogen-bond donors (Lipinski definition) is 0. The summed E-state index contributed by atoms with van der Waals surface area (Å²) in [4.78, 5) is 14.0. The van der Waals surface area contributed by atoms with Crippen LogP contribution < -0.4 is 4.74 Å². The Morgan fingerprint density at radius 3 is 2.64 bits per heavy atom. The predicted molar refractivity (Wildman–Crippen MR) is 97.0 cm³/mol. The number of likely N-dealkylation sites (tertiary alicyclic amines) is 1. The van der Waals surface area contributed by atoms with Crippen molar-refractivity contribution in [3.05, 3.63) is 24.4 Å². The SMILES string of the molecule is CCOc1ccc2c(cnn2C2CCN(C(=O)OC(C)(C)C)CC2)c1. The van der Waals surface area contributed by atoms with Crippen molar-refractivity contribution in [2.75, 3.05) is 19.7 Å². The number of nitrogens with zero attached hydrogens (tertiary/aromatic N) is 3. The van der Waals surface area contributed by atoms with Crippen LogP contribution in [-0.4, -0.2) is 46.1 Å². The Hall–Kier alpha value is -2.24. The first-order valence-corrected chi connectivity index (χ1v) is 8.95. The van der Waals surface area contributed by atoms with E-state index in [9.17, 15) is 4.79 Å². The fourth-order valence-electron chi connectivity index (χ4n) is 3.20. The van der Waals surface area contributed by atoms with Crippen LogP contribution in [0.3, 0.4) is 0 Å². The highest BCUT2D eigenvalue weighted by Gasteiger charge is 2.28. The van der Waals surface area contributed by atoms with Crippen LogP contribution in [0.15, 0.2) is 24.4 Å². The van der Waals surface area contributed by atoms with Gasteiger partial charge in [-0.15, -0.1) is 0 Å². The summed E-state index contributed by atoms with van der Waals surface area (Å²) in [6.07, 6.45) is 3.42. The Balaban J connectivity index is 1.67. The minimum atomic E-state index is -0.454. The Morgan fingerprint density at radius 1 is 1.28 bits per heavy atom. The lowest BCUT2D eigenvalue weighted by Gasteiger charge is -2.33. The van der Waals surface area contributed by atoms with Gasteiger partial charge in [0.2, 0.25) is 0 Å². The highest BCUT2D eigenvalue weighted by molar-refractivity contribution is 5.80. The second-order valence-electron chi connectivity index (χ2n) is 7.44. The zero-order chi connectivity index (χ0) is 18.0. The van der Waals surface area contributed by atoms with Gasteiger partial charge in [0.1, 0.15) is 11.4 Å². The molecule has 0 aliphatic carbocycles. The molecule has 1 saturated heterocycles. The first kappa shape index (κ1) is 17.6. The molecule has 3 rings (SSSR count). The number of ether oxygens (including phenoxy) is 2. The van der Waals surface area contributed by atoms with Crippen LogP contribution in [0.5, 0.6) is 5.75 Å². The zero-order valence-corrected chi connectivity index (χ0v) is 15.5. The standard InChI is InChI=1S/C19H27N3O3/c1-5-24-16-6-7-17-14(12-16)13-20-22(17)15-8-10-21(11-9-15)18(23)25-19(2,3)4/h6-7,12-13,15H,5,8-11H2,1-4H3. The molecule has 1 aromatic carbocycles. The van der Waals surface area contributed by atoms with Gasteiger partial charge in [0.05, 0.1) is 24.4 Å². The smallest absolute Gasteiger partial charge is 0.410 e. The van der Waals surface area contributed by atoms with E-state index in [2.05, 4.69) is 15.8 Å². The molecule has 1 aromatic heterocycles. The van der Waals surface area contributed by atoms with Gasteiger partial charge < -0.3 is 14.4 Å². The summed E-state index contributed by atoms with van der Waals surface area (Å²) in [6, 6.07) is 6.38. The number of carbonyl (C=O) groups is 1. The van der Waals surface area contributed by atoms with Crippen LogP contribution in [0.2, 0.25) is 0 Å². The lowest BCUT2D eigenvalue weighted by atomic mass is 10.1. The predicted octanol–water partition coefficient (Wildman–Crippen LogP) is 4.01. The second kappa shape index (κ2) is 6.94. The lowest BCUT2D eigenvalue weighted by molar-refractivity contribution is 0.0186. The highest BCUT2D eigenvalue weighted by atomic mass is 16.6. The van der Waals surface area contributed by atoms with E-state index in [1.807, 2.05) is 46.0 Å². The minimum Gasteiger partial charge on any atom is -0.494 e. The van der Waals surface area contributed by atoms with Crippen molar-refractivity contribution in [3.63, 3.8) is 0 Å². The topological polar surface area (TPSA) is 56.6 Å². The van der Waals surface area contributed by atoms with Crippen molar-refractivity contribution in [1.29, 1.82) is 0 Å². The summed E-state index contributed by atoms with van der Waals surface area (Å²) in [5.41, 5.74) is 0.656. The third-order valence-corrected chi connectivity index (χ3v) is 4.34. The molecule has 0 spiro atoms. The maximum Gasteiger partial charge on any atom is 0.410 e. The monoisotopic (exact) mass is 345 g/mol. The van der Waals surface area contributed by atoms with Gasteiger partial charge in [0, 0.05) is 18.5 Å². The molecule has 2 aromatic rings. The Bertz CT molecular complexity index is 740. The molecule has 1 amide bonds. The Labute approximate surface area is 148 Å². The summed E-state index contributed by atoms with van der Waals surface area (Å²) in [7, 11) is 0. The molecule has 1 aliphatic rings. The van der Waals surface area contributed by atoms with Crippen LogP contribution in [0.1, 0.15) is 46.6 Å². The van der Waals surface area contributed by atoms with E-state index in [0.29, 0.717) is 25.7 Å². The minimum absolute atomic E-state index is 0.224. The molecule has 2 heterocycles. The number of carbonyl (C=O) groups excluding carboxylic acids is 1. The lowest BCUT2D eigenvalue weighted by Crippen LogP contribution is -2.42. The molecule has 0 atom stereocenters. The van der Waals surface area contributed by atoms with Gasteiger partial charge in [-0.25, -0.2) is 4.79 Å². The van der Waals surface area contributed by atoms with E-state index >= 15 is 0 Å². The van der Waals surface area contributed by atoms with Crippen LogP contribution in [0.4, 0.5) is 4.79 Å². The van der Waals surface area contributed by atoms with Crippen molar-refractivity contribution >= 4 is 17.0 Å². The molecule has 1 fully saturated rings. The number of amides is 1. The van der Waals surface area contributed by atoms with Crippen molar-refractivity contribution in [1.82, 2.24) is 14.7 Å². The van der Waals surface area contributed by atoms with Gasteiger partial charge >= 0.3 is 6.09 Å². The van der Waals surface area contributed by atoms with E-state index in [4.69, 9.17) is 9.47 Å². The fraction of sp³-hybridized carbons (Fsp3) is 0.579. The van der Waals surface area contributed by atoms with Crippen molar-refractivity contribution in [2.45, 2.75) is 52.2 Å². The summed E-state index contributed by atoms with van der Waals surface area (Å²) >= 11 is 0. The molecule has 25 heavy (non-hydrogen) atoms. The molecule has 0 saturated carbocycles. The van der Waals surface area contributed by atoms with E-state index < -0.39 is 5.60 Å². The highest BCUT2D eigenvalue weighted by Crippen LogP contribution is 2.28.